The Balaban J connectivity index is 1.65. The first-order valence-corrected chi connectivity index (χ1v) is 12.7. The average molecular weight is 504 g/mol. The quantitative estimate of drug-likeness (QED) is 0.126. The Hall–Kier alpha value is -2.89. The lowest BCUT2D eigenvalue weighted by Crippen LogP contribution is -2.03. The molecular formula is C30H32F5O. The molecule has 1 radical (unpaired) electrons. The van der Waals surface area contributed by atoms with Crippen molar-refractivity contribution < 1.29 is 27.1 Å². The molecule has 0 unspecified atom stereocenters. The van der Waals surface area contributed by atoms with E-state index in [0.29, 0.717) is 5.56 Å². The first-order chi connectivity index (χ1) is 17.3. The topological polar surface area (TPSA) is 19.9 Å². The molecule has 36 heavy (non-hydrogen) atoms. The molecule has 0 fully saturated rings. The van der Waals surface area contributed by atoms with Gasteiger partial charge in [-0.25, -0.2) is 22.0 Å². The van der Waals surface area contributed by atoms with Crippen LogP contribution >= 0.6 is 0 Å². The van der Waals surface area contributed by atoms with Crippen molar-refractivity contribution in [2.24, 2.45) is 0 Å². The molecule has 0 N–H and O–H groups in total. The minimum atomic E-state index is -1.60. The Morgan fingerprint density at radius 2 is 1.17 bits per heavy atom. The zero-order valence-electron chi connectivity index (χ0n) is 20.6. The third-order valence-corrected chi connectivity index (χ3v) is 6.55. The van der Waals surface area contributed by atoms with Crippen LogP contribution < -0.4 is 0 Å². The standard InChI is InChI=1S/C30H32F5O/c1-2-3-4-5-6-7-8-9-10-20-11-14-22(15-12-20)28-27(36)19-24(31)23(29(28)34)16-13-21-17-25(32)30(35)26(33)18-21/h11-12,14-15,17-19H,2-10,13,16H2,1H3. The van der Waals surface area contributed by atoms with Crippen LogP contribution in [0.3, 0.4) is 0 Å². The van der Waals surface area contributed by atoms with E-state index in [-0.39, 0.29) is 29.5 Å². The van der Waals surface area contributed by atoms with Crippen LogP contribution in [-0.2, 0) is 24.4 Å². The van der Waals surface area contributed by atoms with Crippen LogP contribution in [0.2, 0.25) is 0 Å². The number of halogens is 5. The van der Waals surface area contributed by atoms with Crippen LogP contribution in [0.1, 0.15) is 75.0 Å². The van der Waals surface area contributed by atoms with Crippen molar-refractivity contribution in [1.82, 2.24) is 0 Å². The lowest BCUT2D eigenvalue weighted by molar-refractivity contribution is 0.350. The van der Waals surface area contributed by atoms with E-state index in [1.165, 1.54) is 38.5 Å². The summed E-state index contributed by atoms with van der Waals surface area (Å²) in [5.41, 5.74) is 0.903. The van der Waals surface area contributed by atoms with Crippen molar-refractivity contribution in [3.05, 3.63) is 88.2 Å². The van der Waals surface area contributed by atoms with Crippen LogP contribution in [0.4, 0.5) is 22.0 Å². The molecule has 3 aromatic carbocycles. The summed E-state index contributed by atoms with van der Waals surface area (Å²) in [7, 11) is 0. The number of benzene rings is 3. The smallest absolute Gasteiger partial charge is 0.194 e. The summed E-state index contributed by atoms with van der Waals surface area (Å²) in [6.07, 6.45) is 10.3. The number of hydrogen-bond donors (Lipinski definition) is 0. The summed E-state index contributed by atoms with van der Waals surface area (Å²) >= 11 is 0. The third kappa shape index (κ3) is 7.31. The van der Waals surface area contributed by atoms with Gasteiger partial charge in [0.2, 0.25) is 0 Å². The number of aryl methyl sites for hydroxylation is 2. The molecule has 0 amide bonds. The molecule has 0 bridgehead atoms. The Morgan fingerprint density at radius 1 is 0.583 bits per heavy atom. The zero-order chi connectivity index (χ0) is 26.1. The Labute approximate surface area is 210 Å². The average Bonchev–Trinajstić information content (AvgIpc) is 2.84. The number of unbranched alkanes of at least 4 members (excludes halogenated alkanes) is 7. The van der Waals surface area contributed by atoms with E-state index < -0.39 is 34.8 Å². The van der Waals surface area contributed by atoms with E-state index in [1.807, 2.05) is 12.1 Å². The molecule has 3 rings (SSSR count). The predicted molar refractivity (Wildman–Crippen MR) is 132 cm³/mol. The highest BCUT2D eigenvalue weighted by Gasteiger charge is 2.21. The summed E-state index contributed by atoms with van der Waals surface area (Å²) in [6, 6.07) is 9.34. The second-order valence-electron chi connectivity index (χ2n) is 9.32. The van der Waals surface area contributed by atoms with Gasteiger partial charge >= 0.3 is 0 Å². The van der Waals surface area contributed by atoms with E-state index in [1.54, 1.807) is 12.1 Å². The van der Waals surface area contributed by atoms with E-state index in [4.69, 9.17) is 0 Å². The first kappa shape index (κ1) is 27.7. The Kier molecular flexibility index (Phi) is 10.3. The first-order valence-electron chi connectivity index (χ1n) is 12.7. The van der Waals surface area contributed by atoms with Crippen molar-refractivity contribution in [1.29, 1.82) is 0 Å². The molecule has 0 saturated carbocycles. The fourth-order valence-corrected chi connectivity index (χ4v) is 4.46. The van der Waals surface area contributed by atoms with Gasteiger partial charge in [-0.05, 0) is 54.5 Å². The van der Waals surface area contributed by atoms with Gasteiger partial charge in [-0.1, -0.05) is 76.1 Å². The van der Waals surface area contributed by atoms with Crippen molar-refractivity contribution in [2.75, 3.05) is 0 Å². The molecule has 0 aliphatic carbocycles. The second kappa shape index (κ2) is 13.4. The summed E-state index contributed by atoms with van der Waals surface area (Å²) in [5.74, 6) is -7.11. The molecule has 0 heterocycles. The molecule has 0 saturated heterocycles. The highest BCUT2D eigenvalue weighted by atomic mass is 19.2. The molecule has 193 valence electrons. The normalized spacial score (nSPS) is 11.3. The van der Waals surface area contributed by atoms with Crippen LogP contribution in [-0.4, -0.2) is 0 Å². The van der Waals surface area contributed by atoms with E-state index >= 15 is 4.39 Å². The molecule has 3 aromatic rings. The van der Waals surface area contributed by atoms with Crippen LogP contribution in [0.15, 0.2) is 42.5 Å². The number of hydrogen-bond acceptors (Lipinski definition) is 0. The summed E-state index contributed by atoms with van der Waals surface area (Å²) in [4.78, 5) is 0. The molecule has 1 nitrogen and oxygen atoms in total. The SMILES string of the molecule is CCCCCCCCCCc1ccc(-c2c([O])cc(F)c(CCc3cc(F)c(F)c(F)c3)c2F)cc1. The van der Waals surface area contributed by atoms with Crippen molar-refractivity contribution in [3.8, 4) is 16.9 Å². The van der Waals surface area contributed by atoms with Crippen molar-refractivity contribution in [2.45, 2.75) is 77.6 Å². The maximum atomic E-state index is 15.3. The third-order valence-electron chi connectivity index (χ3n) is 6.55. The Bertz CT molecular complexity index is 1120. The molecule has 6 heteroatoms. The zero-order valence-corrected chi connectivity index (χ0v) is 20.6. The van der Waals surface area contributed by atoms with Gasteiger partial charge in [-0.2, -0.15) is 0 Å². The molecule has 0 aliphatic heterocycles. The van der Waals surface area contributed by atoms with Crippen LogP contribution in [0.25, 0.3) is 11.1 Å². The highest BCUT2D eigenvalue weighted by Crippen LogP contribution is 2.36. The largest absolute Gasteiger partial charge is 0.289 e. The van der Waals surface area contributed by atoms with Crippen LogP contribution in [0, 0.1) is 29.1 Å². The minimum Gasteiger partial charge on any atom is -0.289 e. The molecule has 0 aromatic heterocycles. The highest BCUT2D eigenvalue weighted by molar-refractivity contribution is 5.72. The van der Waals surface area contributed by atoms with Gasteiger partial charge < -0.3 is 0 Å². The molecule has 0 spiro atoms. The summed E-state index contributed by atoms with van der Waals surface area (Å²) < 4.78 is 69.8. The van der Waals surface area contributed by atoms with Gasteiger partial charge in [-0.15, -0.1) is 0 Å². The lowest BCUT2D eigenvalue weighted by Gasteiger charge is -2.12. The van der Waals surface area contributed by atoms with E-state index in [0.717, 1.165) is 43.0 Å². The van der Waals surface area contributed by atoms with Crippen molar-refractivity contribution >= 4 is 0 Å². The maximum Gasteiger partial charge on any atom is 0.194 e. The monoisotopic (exact) mass is 503 g/mol. The molecule has 0 atom stereocenters. The molecular weight excluding hydrogens is 471 g/mol. The summed E-state index contributed by atoms with van der Waals surface area (Å²) in [6.45, 7) is 2.20. The van der Waals surface area contributed by atoms with E-state index in [9.17, 15) is 22.7 Å². The van der Waals surface area contributed by atoms with Gasteiger partial charge in [0.15, 0.2) is 23.2 Å². The lowest BCUT2D eigenvalue weighted by atomic mass is 9.95. The van der Waals surface area contributed by atoms with Gasteiger partial charge in [-0.3, -0.25) is 5.11 Å². The maximum absolute atomic E-state index is 15.3. The second-order valence-corrected chi connectivity index (χ2v) is 9.32. The predicted octanol–water partition coefficient (Wildman–Crippen LogP) is 9.66. The minimum absolute atomic E-state index is 0.0586. The Morgan fingerprint density at radius 3 is 1.78 bits per heavy atom. The van der Waals surface area contributed by atoms with Crippen LogP contribution in [0.5, 0.6) is 5.75 Å². The fraction of sp³-hybridized carbons (Fsp3) is 0.400. The van der Waals surface area contributed by atoms with Gasteiger partial charge in [0, 0.05) is 11.6 Å². The van der Waals surface area contributed by atoms with Crippen molar-refractivity contribution in [3.63, 3.8) is 0 Å². The summed E-state index contributed by atoms with van der Waals surface area (Å²) in [5, 5.41) is 12.4. The number of rotatable bonds is 13. The molecule has 0 aliphatic rings. The fourth-order valence-electron chi connectivity index (χ4n) is 4.46. The van der Waals surface area contributed by atoms with Gasteiger partial charge in [0.25, 0.3) is 0 Å². The van der Waals surface area contributed by atoms with E-state index in [2.05, 4.69) is 6.92 Å². The van der Waals surface area contributed by atoms with Gasteiger partial charge in [0.1, 0.15) is 11.6 Å². The van der Waals surface area contributed by atoms with Gasteiger partial charge in [0.05, 0.1) is 5.56 Å².